The SMILES string of the molecule is C=CCOCc1cc(F)ccc1C=NNC(N)=O. The average Bonchev–Trinajstić information content (AvgIpc) is 2.32. The van der Waals surface area contributed by atoms with Crippen molar-refractivity contribution in [2.45, 2.75) is 6.61 Å². The molecule has 0 saturated heterocycles. The Morgan fingerprint density at radius 3 is 3.06 bits per heavy atom. The topological polar surface area (TPSA) is 76.7 Å². The van der Waals surface area contributed by atoms with Crippen molar-refractivity contribution in [3.63, 3.8) is 0 Å². The summed E-state index contributed by atoms with van der Waals surface area (Å²) in [6.07, 6.45) is 2.97. The Bertz CT molecular complexity index is 461. The van der Waals surface area contributed by atoms with Crippen LogP contribution in [0.2, 0.25) is 0 Å². The first-order chi connectivity index (χ1) is 8.63. The van der Waals surface area contributed by atoms with Crippen LogP contribution in [-0.4, -0.2) is 18.9 Å². The summed E-state index contributed by atoms with van der Waals surface area (Å²) < 4.78 is 18.3. The number of nitrogens with two attached hydrogens (primary N) is 1. The predicted octanol–water partition coefficient (Wildman–Crippen LogP) is 1.53. The number of carbonyl (C=O) groups is 1. The molecular weight excluding hydrogens is 237 g/mol. The summed E-state index contributed by atoms with van der Waals surface area (Å²) in [4.78, 5) is 10.4. The van der Waals surface area contributed by atoms with Crippen LogP contribution in [0.5, 0.6) is 0 Å². The second-order valence-corrected chi connectivity index (χ2v) is 3.38. The van der Waals surface area contributed by atoms with E-state index in [-0.39, 0.29) is 12.4 Å². The fourth-order valence-electron chi connectivity index (χ4n) is 1.24. The van der Waals surface area contributed by atoms with Crippen LogP contribution in [0.1, 0.15) is 11.1 Å². The molecule has 2 amide bonds. The van der Waals surface area contributed by atoms with Gasteiger partial charge in [0.15, 0.2) is 0 Å². The number of ether oxygens (including phenoxy) is 1. The first-order valence-electron chi connectivity index (χ1n) is 5.19. The lowest BCUT2D eigenvalue weighted by atomic mass is 10.1. The van der Waals surface area contributed by atoms with E-state index in [4.69, 9.17) is 10.5 Å². The van der Waals surface area contributed by atoms with Gasteiger partial charge in [0.1, 0.15) is 5.82 Å². The molecule has 6 heteroatoms. The minimum absolute atomic E-state index is 0.224. The molecule has 0 fully saturated rings. The smallest absolute Gasteiger partial charge is 0.332 e. The van der Waals surface area contributed by atoms with Gasteiger partial charge >= 0.3 is 6.03 Å². The lowest BCUT2D eigenvalue weighted by Crippen LogP contribution is -2.24. The van der Waals surface area contributed by atoms with E-state index < -0.39 is 6.03 Å². The zero-order chi connectivity index (χ0) is 13.4. The van der Waals surface area contributed by atoms with E-state index in [0.29, 0.717) is 17.7 Å². The number of nitrogens with zero attached hydrogens (tertiary/aromatic N) is 1. The van der Waals surface area contributed by atoms with Crippen molar-refractivity contribution in [1.82, 2.24) is 5.43 Å². The maximum Gasteiger partial charge on any atom is 0.332 e. The van der Waals surface area contributed by atoms with Gasteiger partial charge in [-0.15, -0.1) is 6.58 Å². The van der Waals surface area contributed by atoms with Crippen molar-refractivity contribution in [3.8, 4) is 0 Å². The molecule has 96 valence electrons. The van der Waals surface area contributed by atoms with Gasteiger partial charge in [0.2, 0.25) is 0 Å². The highest BCUT2D eigenvalue weighted by atomic mass is 19.1. The molecule has 0 aromatic heterocycles. The zero-order valence-corrected chi connectivity index (χ0v) is 9.73. The van der Waals surface area contributed by atoms with Crippen LogP contribution in [0.25, 0.3) is 0 Å². The third-order valence-electron chi connectivity index (χ3n) is 1.98. The van der Waals surface area contributed by atoms with E-state index in [1.807, 2.05) is 0 Å². The summed E-state index contributed by atoms with van der Waals surface area (Å²) in [6.45, 7) is 4.11. The van der Waals surface area contributed by atoms with Crippen LogP contribution >= 0.6 is 0 Å². The van der Waals surface area contributed by atoms with Gasteiger partial charge < -0.3 is 10.5 Å². The molecule has 0 aliphatic carbocycles. The van der Waals surface area contributed by atoms with E-state index in [0.717, 1.165) is 0 Å². The molecule has 0 spiro atoms. The minimum atomic E-state index is -0.766. The lowest BCUT2D eigenvalue weighted by Gasteiger charge is -2.06. The Labute approximate surface area is 104 Å². The van der Waals surface area contributed by atoms with Crippen LogP contribution in [0.4, 0.5) is 9.18 Å². The standard InChI is InChI=1S/C12H14FN3O2/c1-2-5-18-8-10-6-11(13)4-3-9(10)7-15-16-12(14)17/h2-4,6-7H,1,5,8H2,(H3,14,16,17). The van der Waals surface area contributed by atoms with Crippen LogP contribution in [-0.2, 0) is 11.3 Å². The van der Waals surface area contributed by atoms with Crippen LogP contribution in [0, 0.1) is 5.82 Å². The molecule has 0 heterocycles. The molecule has 0 aliphatic rings. The van der Waals surface area contributed by atoms with Gasteiger partial charge in [-0.2, -0.15) is 5.10 Å². The van der Waals surface area contributed by atoms with Crippen molar-refractivity contribution in [3.05, 3.63) is 47.8 Å². The molecule has 3 N–H and O–H groups in total. The first-order valence-corrected chi connectivity index (χ1v) is 5.19. The van der Waals surface area contributed by atoms with E-state index in [9.17, 15) is 9.18 Å². The van der Waals surface area contributed by atoms with Crippen LogP contribution in [0.15, 0.2) is 36.0 Å². The summed E-state index contributed by atoms with van der Waals surface area (Å²) in [7, 11) is 0. The fourth-order valence-corrected chi connectivity index (χ4v) is 1.24. The maximum atomic E-state index is 13.1. The predicted molar refractivity (Wildman–Crippen MR) is 66.6 cm³/mol. The molecule has 18 heavy (non-hydrogen) atoms. The number of urea groups is 1. The summed E-state index contributed by atoms with van der Waals surface area (Å²) in [6, 6.07) is 3.41. The second-order valence-electron chi connectivity index (χ2n) is 3.38. The molecule has 0 bridgehead atoms. The summed E-state index contributed by atoms with van der Waals surface area (Å²) in [5.74, 6) is -0.368. The summed E-state index contributed by atoms with van der Waals surface area (Å²) in [5, 5.41) is 3.61. The molecule has 1 rings (SSSR count). The van der Waals surface area contributed by atoms with Gasteiger partial charge in [-0.05, 0) is 17.7 Å². The van der Waals surface area contributed by atoms with E-state index in [2.05, 4.69) is 17.1 Å². The van der Waals surface area contributed by atoms with Gasteiger partial charge in [0.25, 0.3) is 0 Å². The molecule has 0 atom stereocenters. The number of benzene rings is 1. The van der Waals surface area contributed by atoms with Gasteiger partial charge in [-0.3, -0.25) is 0 Å². The van der Waals surface area contributed by atoms with Crippen molar-refractivity contribution in [2.75, 3.05) is 6.61 Å². The number of hydrogen-bond donors (Lipinski definition) is 2. The molecule has 0 radical (unpaired) electrons. The first kappa shape index (κ1) is 13.9. The summed E-state index contributed by atoms with van der Waals surface area (Å²) >= 11 is 0. The molecule has 0 unspecified atom stereocenters. The van der Waals surface area contributed by atoms with Crippen molar-refractivity contribution < 1.29 is 13.9 Å². The van der Waals surface area contributed by atoms with Crippen molar-refractivity contribution in [2.24, 2.45) is 10.8 Å². The number of halogens is 1. The number of amides is 2. The Morgan fingerprint density at radius 2 is 2.39 bits per heavy atom. The van der Waals surface area contributed by atoms with Gasteiger partial charge in [-0.1, -0.05) is 12.1 Å². The molecule has 0 saturated carbocycles. The normalized spacial score (nSPS) is 10.5. The molecule has 0 aliphatic heterocycles. The molecule has 5 nitrogen and oxygen atoms in total. The van der Waals surface area contributed by atoms with Gasteiger partial charge in [0, 0.05) is 5.56 Å². The number of hydrogen-bond acceptors (Lipinski definition) is 3. The Balaban J connectivity index is 2.78. The highest BCUT2D eigenvalue weighted by molar-refractivity contribution is 5.83. The fraction of sp³-hybridized carbons (Fsp3) is 0.167. The highest BCUT2D eigenvalue weighted by Crippen LogP contribution is 2.11. The minimum Gasteiger partial charge on any atom is -0.373 e. The summed E-state index contributed by atoms with van der Waals surface area (Å²) in [5.41, 5.74) is 8.17. The largest absolute Gasteiger partial charge is 0.373 e. The van der Waals surface area contributed by atoms with Crippen molar-refractivity contribution >= 4 is 12.2 Å². The molecular formula is C12H14FN3O2. The van der Waals surface area contributed by atoms with E-state index in [1.165, 1.54) is 24.4 Å². The van der Waals surface area contributed by atoms with E-state index in [1.54, 1.807) is 6.08 Å². The van der Waals surface area contributed by atoms with Crippen LogP contribution in [0.3, 0.4) is 0 Å². The molecule has 1 aromatic rings. The number of nitrogens with one attached hydrogen (secondary N) is 1. The number of primary amides is 1. The number of hydrazone groups is 1. The Hall–Kier alpha value is -2.21. The zero-order valence-electron chi connectivity index (χ0n) is 9.73. The van der Waals surface area contributed by atoms with Crippen LogP contribution < -0.4 is 11.2 Å². The Kier molecular flexibility index (Phi) is 5.53. The molecule has 1 aromatic carbocycles. The highest BCUT2D eigenvalue weighted by Gasteiger charge is 2.02. The lowest BCUT2D eigenvalue weighted by molar-refractivity contribution is 0.148. The van der Waals surface area contributed by atoms with Gasteiger partial charge in [0.05, 0.1) is 19.4 Å². The van der Waals surface area contributed by atoms with Gasteiger partial charge in [-0.25, -0.2) is 14.6 Å². The number of carbonyl (C=O) groups excluding carboxylic acids is 1. The third-order valence-corrected chi connectivity index (χ3v) is 1.98. The monoisotopic (exact) mass is 251 g/mol. The quantitative estimate of drug-likeness (QED) is 0.348. The second kappa shape index (κ2) is 7.18. The maximum absolute atomic E-state index is 13.1. The Morgan fingerprint density at radius 1 is 1.61 bits per heavy atom. The number of rotatable bonds is 6. The average molecular weight is 251 g/mol. The van der Waals surface area contributed by atoms with E-state index >= 15 is 0 Å². The third kappa shape index (κ3) is 4.75. The van der Waals surface area contributed by atoms with Crippen molar-refractivity contribution in [1.29, 1.82) is 0 Å².